The van der Waals surface area contributed by atoms with Crippen LogP contribution in [0.4, 0.5) is 5.69 Å². The molecule has 0 amide bonds. The van der Waals surface area contributed by atoms with Crippen molar-refractivity contribution in [2.75, 3.05) is 12.4 Å². The topological polar surface area (TPSA) is 57.8 Å². The molecule has 4 heteroatoms. The van der Waals surface area contributed by atoms with Crippen LogP contribution >= 0.6 is 0 Å². The quantitative estimate of drug-likeness (QED) is 0.647. The van der Waals surface area contributed by atoms with Crippen molar-refractivity contribution in [2.24, 2.45) is 7.05 Å². The van der Waals surface area contributed by atoms with Crippen LogP contribution in [0.5, 0.6) is 0 Å². The molecule has 12 heavy (non-hydrogen) atoms. The highest BCUT2D eigenvalue weighted by Crippen LogP contribution is 2.06. The van der Waals surface area contributed by atoms with Gasteiger partial charge in [0.05, 0.1) is 5.69 Å². The molecule has 0 spiro atoms. The van der Waals surface area contributed by atoms with Gasteiger partial charge in [-0.1, -0.05) is 0 Å². The van der Waals surface area contributed by atoms with Gasteiger partial charge in [0.15, 0.2) is 0 Å². The average Bonchev–Trinajstić information content (AvgIpc) is 2.09. The lowest BCUT2D eigenvalue weighted by atomic mass is 10.2. The van der Waals surface area contributed by atoms with Crippen molar-refractivity contribution < 1.29 is 0 Å². The maximum atomic E-state index is 11.3. The molecule has 1 aromatic rings. The van der Waals surface area contributed by atoms with Crippen LogP contribution in [0, 0.1) is 11.3 Å². The number of nitrogens with one attached hydrogen (secondary N) is 1. The summed E-state index contributed by atoms with van der Waals surface area (Å²) in [5.74, 6) is 0. The molecule has 0 fully saturated rings. The molecule has 0 saturated heterocycles. The first kappa shape index (κ1) is 8.34. The molecular weight excluding hydrogens is 154 g/mol. The van der Waals surface area contributed by atoms with Gasteiger partial charge in [0, 0.05) is 20.3 Å². The summed E-state index contributed by atoms with van der Waals surface area (Å²) in [6, 6.07) is 3.55. The number of anilines is 1. The zero-order chi connectivity index (χ0) is 9.14. The van der Waals surface area contributed by atoms with Crippen LogP contribution in [0.15, 0.2) is 17.1 Å². The third-order valence-corrected chi connectivity index (χ3v) is 1.65. The molecular formula is C8H9N3O. The minimum absolute atomic E-state index is 0.155. The van der Waals surface area contributed by atoms with Gasteiger partial charge < -0.3 is 9.88 Å². The molecule has 0 aliphatic carbocycles. The monoisotopic (exact) mass is 163 g/mol. The van der Waals surface area contributed by atoms with Gasteiger partial charge in [-0.15, -0.1) is 0 Å². The lowest BCUT2D eigenvalue weighted by Crippen LogP contribution is -2.20. The molecule has 1 rings (SSSR count). The summed E-state index contributed by atoms with van der Waals surface area (Å²) in [5.41, 5.74) is 0.451. The van der Waals surface area contributed by atoms with E-state index in [0.717, 1.165) is 0 Å². The number of nitriles is 1. The van der Waals surface area contributed by atoms with Crippen LogP contribution in [0.2, 0.25) is 0 Å². The molecule has 0 aromatic carbocycles. The van der Waals surface area contributed by atoms with Crippen LogP contribution in [-0.4, -0.2) is 11.6 Å². The van der Waals surface area contributed by atoms with Crippen LogP contribution in [0.25, 0.3) is 0 Å². The van der Waals surface area contributed by atoms with E-state index in [-0.39, 0.29) is 11.1 Å². The Bertz CT molecular complexity index is 386. The van der Waals surface area contributed by atoms with Crippen molar-refractivity contribution in [1.82, 2.24) is 4.57 Å². The van der Waals surface area contributed by atoms with E-state index in [9.17, 15) is 4.79 Å². The lowest BCUT2D eigenvalue weighted by Gasteiger charge is -2.03. The van der Waals surface area contributed by atoms with Crippen molar-refractivity contribution in [1.29, 1.82) is 5.26 Å². The molecule has 0 atom stereocenters. The van der Waals surface area contributed by atoms with Gasteiger partial charge in [0.1, 0.15) is 11.6 Å². The van der Waals surface area contributed by atoms with Crippen LogP contribution < -0.4 is 10.9 Å². The van der Waals surface area contributed by atoms with Crippen LogP contribution in [0.3, 0.4) is 0 Å². The van der Waals surface area contributed by atoms with E-state index in [1.54, 1.807) is 26.4 Å². The molecule has 4 nitrogen and oxygen atoms in total. The van der Waals surface area contributed by atoms with Crippen LogP contribution in [-0.2, 0) is 7.05 Å². The molecule has 0 saturated carbocycles. The Kier molecular flexibility index (Phi) is 2.15. The number of hydrogen-bond acceptors (Lipinski definition) is 3. The van der Waals surface area contributed by atoms with Gasteiger partial charge in [-0.05, 0) is 6.07 Å². The van der Waals surface area contributed by atoms with Gasteiger partial charge in [-0.25, -0.2) is 0 Å². The first-order chi connectivity index (χ1) is 5.70. The fraction of sp³-hybridized carbons (Fsp3) is 0.250. The van der Waals surface area contributed by atoms with E-state index in [2.05, 4.69) is 5.32 Å². The minimum Gasteiger partial charge on any atom is -0.387 e. The summed E-state index contributed by atoms with van der Waals surface area (Å²) in [6.45, 7) is 0. The summed E-state index contributed by atoms with van der Waals surface area (Å²) >= 11 is 0. The molecule has 0 unspecified atom stereocenters. The standard InChI is InChI=1S/C8H9N3O/c1-10-7-3-4-11(2)8(12)6(7)5-9/h3-4,10H,1-2H3. The highest BCUT2D eigenvalue weighted by Gasteiger charge is 2.05. The third-order valence-electron chi connectivity index (χ3n) is 1.65. The van der Waals surface area contributed by atoms with Crippen molar-refractivity contribution in [3.63, 3.8) is 0 Å². The Balaban J connectivity index is 3.49. The number of hydrogen-bond donors (Lipinski definition) is 1. The third kappa shape index (κ3) is 1.17. The van der Waals surface area contributed by atoms with E-state index >= 15 is 0 Å². The Morgan fingerprint density at radius 1 is 1.67 bits per heavy atom. The van der Waals surface area contributed by atoms with E-state index < -0.39 is 0 Å². The Morgan fingerprint density at radius 2 is 2.33 bits per heavy atom. The number of pyridine rings is 1. The number of rotatable bonds is 1. The van der Waals surface area contributed by atoms with Gasteiger partial charge in [0.2, 0.25) is 0 Å². The fourth-order valence-electron chi connectivity index (χ4n) is 0.945. The van der Waals surface area contributed by atoms with Gasteiger partial charge in [-0.3, -0.25) is 4.79 Å². The molecule has 0 aliphatic rings. The molecule has 0 radical (unpaired) electrons. The normalized spacial score (nSPS) is 9.08. The first-order valence-corrected chi connectivity index (χ1v) is 3.48. The summed E-state index contributed by atoms with van der Waals surface area (Å²) in [5, 5.41) is 11.4. The van der Waals surface area contributed by atoms with Gasteiger partial charge in [0.25, 0.3) is 5.56 Å². The zero-order valence-electron chi connectivity index (χ0n) is 6.96. The van der Waals surface area contributed by atoms with Crippen molar-refractivity contribution in [2.45, 2.75) is 0 Å². The molecule has 1 N–H and O–H groups in total. The van der Waals surface area contributed by atoms with Crippen molar-refractivity contribution >= 4 is 5.69 Å². The SMILES string of the molecule is CNc1ccn(C)c(=O)c1C#N. The number of nitrogens with zero attached hydrogens (tertiary/aromatic N) is 2. The minimum atomic E-state index is -0.274. The molecule has 1 heterocycles. The second kappa shape index (κ2) is 3.09. The smallest absolute Gasteiger partial charge is 0.270 e. The predicted molar refractivity (Wildman–Crippen MR) is 45.9 cm³/mol. The predicted octanol–water partition coefficient (Wildman–Crippen LogP) is 0.299. The maximum absolute atomic E-state index is 11.3. The Hall–Kier alpha value is -1.76. The Morgan fingerprint density at radius 3 is 2.83 bits per heavy atom. The molecule has 1 aromatic heterocycles. The summed E-state index contributed by atoms with van der Waals surface area (Å²) < 4.78 is 1.37. The summed E-state index contributed by atoms with van der Waals surface area (Å²) in [4.78, 5) is 11.3. The van der Waals surface area contributed by atoms with Crippen LogP contribution in [0.1, 0.15) is 5.56 Å². The second-order valence-corrected chi connectivity index (χ2v) is 2.38. The first-order valence-electron chi connectivity index (χ1n) is 3.48. The molecule has 0 bridgehead atoms. The van der Waals surface area contributed by atoms with Gasteiger partial charge >= 0.3 is 0 Å². The Labute approximate surface area is 70.1 Å². The lowest BCUT2D eigenvalue weighted by molar-refractivity contribution is 0.856. The van der Waals surface area contributed by atoms with E-state index in [1.165, 1.54) is 4.57 Å². The largest absolute Gasteiger partial charge is 0.387 e. The van der Waals surface area contributed by atoms with Crippen molar-refractivity contribution in [3.05, 3.63) is 28.2 Å². The fourth-order valence-corrected chi connectivity index (χ4v) is 0.945. The van der Waals surface area contributed by atoms with Gasteiger partial charge in [-0.2, -0.15) is 5.26 Å². The summed E-state index contributed by atoms with van der Waals surface area (Å²) in [7, 11) is 3.29. The van der Waals surface area contributed by atoms with E-state index in [1.807, 2.05) is 6.07 Å². The number of aryl methyl sites for hydroxylation is 1. The van der Waals surface area contributed by atoms with E-state index in [4.69, 9.17) is 5.26 Å². The zero-order valence-corrected chi connectivity index (χ0v) is 6.96. The molecule has 62 valence electrons. The number of aromatic nitrogens is 1. The second-order valence-electron chi connectivity index (χ2n) is 2.38. The maximum Gasteiger partial charge on any atom is 0.270 e. The average molecular weight is 163 g/mol. The summed E-state index contributed by atoms with van der Waals surface area (Å²) in [6.07, 6.45) is 1.62. The highest BCUT2D eigenvalue weighted by molar-refractivity contribution is 5.55. The molecule has 0 aliphatic heterocycles. The van der Waals surface area contributed by atoms with Crippen molar-refractivity contribution in [3.8, 4) is 6.07 Å². The van der Waals surface area contributed by atoms with E-state index in [0.29, 0.717) is 5.69 Å². The highest BCUT2D eigenvalue weighted by atomic mass is 16.1.